The van der Waals surface area contributed by atoms with Gasteiger partial charge in [-0.15, -0.1) is 0 Å². The Balaban J connectivity index is 2.34. The number of amides is 1. The number of thiocarbonyl (C=S) groups is 1. The lowest BCUT2D eigenvalue weighted by Crippen LogP contribution is -2.29. The first-order valence-electron chi connectivity index (χ1n) is 5.20. The molecule has 1 aliphatic heterocycles. The van der Waals surface area contributed by atoms with Crippen molar-refractivity contribution in [2.24, 2.45) is 0 Å². The van der Waals surface area contributed by atoms with E-state index < -0.39 is 11.7 Å². The largest absolute Gasteiger partial charge is 0.507 e. The van der Waals surface area contributed by atoms with Crippen molar-refractivity contribution < 1.29 is 19.1 Å². The summed E-state index contributed by atoms with van der Waals surface area (Å²) in [6.45, 7) is -0.114. The lowest BCUT2D eigenvalue weighted by atomic mass is 10.2. The van der Waals surface area contributed by atoms with Crippen LogP contribution in [0, 0.1) is 5.82 Å². The van der Waals surface area contributed by atoms with Gasteiger partial charge < -0.3 is 9.90 Å². The molecule has 1 aromatic carbocycles. The molecule has 1 heterocycles. The van der Waals surface area contributed by atoms with Crippen LogP contribution in [0.4, 0.5) is 4.39 Å². The van der Waals surface area contributed by atoms with Gasteiger partial charge in [-0.2, -0.15) is 0 Å². The molecule has 1 aromatic rings. The Morgan fingerprint density at radius 2 is 2.21 bits per heavy atom. The number of nitrogens with zero attached hydrogens (tertiary/aromatic N) is 1. The fourth-order valence-electron chi connectivity index (χ4n) is 1.51. The summed E-state index contributed by atoms with van der Waals surface area (Å²) in [4.78, 5) is 23.8. The molecule has 1 aliphatic rings. The number of thioether (sulfide) groups is 1. The molecule has 1 amide bonds. The van der Waals surface area contributed by atoms with E-state index in [0.29, 0.717) is 6.29 Å². The summed E-state index contributed by atoms with van der Waals surface area (Å²) in [5, 5.41) is 9.58. The van der Waals surface area contributed by atoms with Gasteiger partial charge in [0.1, 0.15) is 22.2 Å². The number of hydrogen-bond donors (Lipinski definition) is 1. The number of rotatable bonds is 3. The molecule has 4 nitrogen and oxygen atoms in total. The monoisotopic (exact) mass is 297 g/mol. The van der Waals surface area contributed by atoms with Crippen LogP contribution in [-0.2, 0) is 9.59 Å². The Labute approximate surface area is 117 Å². The Morgan fingerprint density at radius 3 is 2.89 bits per heavy atom. The van der Waals surface area contributed by atoms with E-state index >= 15 is 0 Å². The molecule has 1 N–H and O–H groups in total. The fourth-order valence-corrected chi connectivity index (χ4v) is 2.78. The molecule has 7 heteroatoms. The van der Waals surface area contributed by atoms with E-state index in [1.54, 1.807) is 0 Å². The van der Waals surface area contributed by atoms with Gasteiger partial charge in [0.2, 0.25) is 0 Å². The van der Waals surface area contributed by atoms with Crippen LogP contribution in [0.5, 0.6) is 5.75 Å². The van der Waals surface area contributed by atoms with Crippen molar-refractivity contribution in [3.05, 3.63) is 34.5 Å². The first kappa shape index (κ1) is 13.7. The SMILES string of the molecule is O=CCN1C(=O)/C(=C/c2cc(F)ccc2O)SC1=S. The van der Waals surface area contributed by atoms with Crippen molar-refractivity contribution in [3.8, 4) is 5.75 Å². The third-order valence-electron chi connectivity index (χ3n) is 2.41. The number of halogens is 1. The van der Waals surface area contributed by atoms with Crippen molar-refractivity contribution >= 4 is 46.6 Å². The van der Waals surface area contributed by atoms with Crippen molar-refractivity contribution in [2.45, 2.75) is 0 Å². The average molecular weight is 297 g/mol. The Bertz CT molecular complexity index is 601. The van der Waals surface area contributed by atoms with E-state index in [0.717, 1.165) is 28.8 Å². The van der Waals surface area contributed by atoms with Crippen LogP contribution in [0.25, 0.3) is 6.08 Å². The zero-order valence-electron chi connectivity index (χ0n) is 9.50. The van der Waals surface area contributed by atoms with E-state index in [1.165, 1.54) is 12.1 Å². The number of hydrogen-bond acceptors (Lipinski definition) is 5. The van der Waals surface area contributed by atoms with E-state index in [9.17, 15) is 19.1 Å². The Hall–Kier alpha value is -1.73. The molecule has 0 aromatic heterocycles. The highest BCUT2D eigenvalue weighted by Gasteiger charge is 2.31. The summed E-state index contributed by atoms with van der Waals surface area (Å²) < 4.78 is 13.3. The van der Waals surface area contributed by atoms with Gasteiger partial charge in [-0.3, -0.25) is 9.69 Å². The molecular weight excluding hydrogens is 289 g/mol. The van der Waals surface area contributed by atoms with Crippen molar-refractivity contribution in [3.63, 3.8) is 0 Å². The first-order chi connectivity index (χ1) is 9.02. The maximum atomic E-state index is 13.1. The molecule has 0 bridgehead atoms. The maximum Gasteiger partial charge on any atom is 0.266 e. The van der Waals surface area contributed by atoms with Crippen LogP contribution < -0.4 is 0 Å². The maximum absolute atomic E-state index is 13.1. The summed E-state index contributed by atoms with van der Waals surface area (Å²) >= 11 is 5.97. The number of carbonyl (C=O) groups excluding carboxylic acids is 2. The molecule has 2 rings (SSSR count). The van der Waals surface area contributed by atoms with Crippen LogP contribution in [0.15, 0.2) is 23.1 Å². The van der Waals surface area contributed by atoms with Gasteiger partial charge in [0.05, 0.1) is 11.4 Å². The van der Waals surface area contributed by atoms with Crippen LogP contribution in [-0.4, -0.2) is 33.1 Å². The number of phenolic OH excluding ortho intramolecular Hbond substituents is 1. The second-order valence-corrected chi connectivity index (χ2v) is 5.34. The van der Waals surface area contributed by atoms with Crippen LogP contribution >= 0.6 is 24.0 Å². The lowest BCUT2D eigenvalue weighted by Gasteiger charge is -2.08. The molecule has 1 saturated heterocycles. The van der Waals surface area contributed by atoms with Crippen LogP contribution in [0.2, 0.25) is 0 Å². The van der Waals surface area contributed by atoms with Gasteiger partial charge in [0.15, 0.2) is 0 Å². The summed E-state index contributed by atoms with van der Waals surface area (Å²) in [5.41, 5.74) is 0.187. The number of carbonyl (C=O) groups is 2. The van der Waals surface area contributed by atoms with E-state index in [4.69, 9.17) is 12.2 Å². The van der Waals surface area contributed by atoms with Gasteiger partial charge in [-0.25, -0.2) is 4.39 Å². The summed E-state index contributed by atoms with van der Waals surface area (Å²) in [6, 6.07) is 3.43. The topological polar surface area (TPSA) is 57.6 Å². The summed E-state index contributed by atoms with van der Waals surface area (Å²) in [5.74, 6) is -1.08. The van der Waals surface area contributed by atoms with Crippen molar-refractivity contribution in [1.82, 2.24) is 4.90 Å². The van der Waals surface area contributed by atoms with Gasteiger partial charge in [0.25, 0.3) is 5.91 Å². The van der Waals surface area contributed by atoms with Gasteiger partial charge in [0, 0.05) is 5.56 Å². The van der Waals surface area contributed by atoms with E-state index in [1.807, 2.05) is 0 Å². The average Bonchev–Trinajstić information content (AvgIpc) is 2.62. The van der Waals surface area contributed by atoms with Gasteiger partial charge in [-0.1, -0.05) is 24.0 Å². The number of benzene rings is 1. The zero-order valence-corrected chi connectivity index (χ0v) is 11.1. The molecule has 98 valence electrons. The number of aldehydes is 1. The molecule has 19 heavy (non-hydrogen) atoms. The third kappa shape index (κ3) is 2.82. The fraction of sp³-hybridized carbons (Fsp3) is 0.0833. The lowest BCUT2D eigenvalue weighted by molar-refractivity contribution is -0.124. The van der Waals surface area contributed by atoms with Gasteiger partial charge >= 0.3 is 0 Å². The predicted molar refractivity (Wildman–Crippen MR) is 74.0 cm³/mol. The molecule has 0 saturated carbocycles. The smallest absolute Gasteiger partial charge is 0.266 e. The summed E-state index contributed by atoms with van der Waals surface area (Å²) in [7, 11) is 0. The van der Waals surface area contributed by atoms with E-state index in [2.05, 4.69) is 0 Å². The van der Waals surface area contributed by atoms with Crippen molar-refractivity contribution in [2.75, 3.05) is 6.54 Å². The third-order valence-corrected chi connectivity index (χ3v) is 3.78. The highest BCUT2D eigenvalue weighted by Crippen LogP contribution is 2.33. The minimum Gasteiger partial charge on any atom is -0.507 e. The van der Waals surface area contributed by atoms with Crippen LogP contribution in [0.1, 0.15) is 5.56 Å². The molecule has 0 aliphatic carbocycles. The molecule has 0 radical (unpaired) electrons. The highest BCUT2D eigenvalue weighted by molar-refractivity contribution is 8.26. The predicted octanol–water partition coefficient (Wildman–Crippen LogP) is 1.93. The second kappa shape index (κ2) is 5.50. The Kier molecular flexibility index (Phi) is 3.96. The minimum atomic E-state index is -0.521. The number of phenols is 1. The molecule has 0 atom stereocenters. The normalized spacial score (nSPS) is 17.3. The standard InChI is InChI=1S/C12H8FNO3S2/c13-8-1-2-9(16)7(5-8)6-10-11(17)14(3-4-15)12(18)19-10/h1-2,4-6,16H,3H2/b10-6-. The zero-order chi connectivity index (χ0) is 14.0. The second-order valence-electron chi connectivity index (χ2n) is 3.66. The van der Waals surface area contributed by atoms with Crippen molar-refractivity contribution in [1.29, 1.82) is 0 Å². The highest BCUT2D eigenvalue weighted by atomic mass is 32.2. The number of aromatic hydroxyl groups is 1. The van der Waals surface area contributed by atoms with Crippen LogP contribution in [0.3, 0.4) is 0 Å². The molecular formula is C12H8FNO3S2. The molecule has 0 spiro atoms. The summed E-state index contributed by atoms with van der Waals surface area (Å²) in [6.07, 6.45) is 1.93. The minimum absolute atomic E-state index is 0.114. The van der Waals surface area contributed by atoms with E-state index in [-0.39, 0.29) is 27.1 Å². The molecule has 1 fully saturated rings. The first-order valence-corrected chi connectivity index (χ1v) is 6.43. The van der Waals surface area contributed by atoms with Gasteiger partial charge in [-0.05, 0) is 24.3 Å². The quantitative estimate of drug-likeness (QED) is 0.525. The Morgan fingerprint density at radius 1 is 1.47 bits per heavy atom. The molecule has 0 unspecified atom stereocenters.